The summed E-state index contributed by atoms with van der Waals surface area (Å²) in [5.74, 6) is 1.56. The average Bonchev–Trinajstić information content (AvgIpc) is 3.30. The van der Waals surface area contributed by atoms with E-state index < -0.39 is 0 Å². The normalized spacial score (nSPS) is 15.2. The molecule has 2 aromatic carbocycles. The maximum Gasteiger partial charge on any atom is 0.266 e. The van der Waals surface area contributed by atoms with Crippen LogP contribution in [0.15, 0.2) is 59.6 Å². The number of thiocarbonyl (C=S) groups is 1. The molecule has 4 rings (SSSR count). The molecule has 6 nitrogen and oxygen atoms in total. The number of hydrogen-bond acceptors (Lipinski definition) is 6. The molecule has 178 valence electrons. The summed E-state index contributed by atoms with van der Waals surface area (Å²) in [7, 11) is 1.61. The van der Waals surface area contributed by atoms with E-state index >= 15 is 0 Å². The Kier molecular flexibility index (Phi) is 7.92. The number of amides is 1. The third kappa shape index (κ3) is 5.63. The van der Waals surface area contributed by atoms with Gasteiger partial charge in [-0.3, -0.25) is 9.69 Å². The molecular formula is C26H28N2O4S2. The molecule has 1 saturated heterocycles. The van der Waals surface area contributed by atoms with Crippen LogP contribution in [0.5, 0.6) is 11.5 Å². The summed E-state index contributed by atoms with van der Waals surface area (Å²) in [4.78, 5) is 15.1. The number of carbonyl (C=O) groups excluding carboxylic acids is 1. The van der Waals surface area contributed by atoms with Crippen LogP contribution in [-0.4, -0.2) is 52.7 Å². The Labute approximate surface area is 209 Å². The second kappa shape index (κ2) is 11.1. The number of benzene rings is 2. The number of para-hydroxylation sites is 1. The van der Waals surface area contributed by atoms with Gasteiger partial charge >= 0.3 is 0 Å². The highest BCUT2D eigenvalue weighted by molar-refractivity contribution is 8.26. The van der Waals surface area contributed by atoms with E-state index in [0.29, 0.717) is 35.5 Å². The molecule has 1 aromatic heterocycles. The van der Waals surface area contributed by atoms with E-state index in [2.05, 4.69) is 22.9 Å². The lowest BCUT2D eigenvalue weighted by Crippen LogP contribution is -2.31. The smallest absolute Gasteiger partial charge is 0.266 e. The summed E-state index contributed by atoms with van der Waals surface area (Å²) in [6, 6.07) is 15.8. The minimum absolute atomic E-state index is 0.0721. The molecule has 34 heavy (non-hydrogen) atoms. The minimum atomic E-state index is -0.0721. The first-order chi connectivity index (χ1) is 16.5. The average molecular weight is 497 g/mol. The molecule has 0 aliphatic carbocycles. The van der Waals surface area contributed by atoms with E-state index in [0.717, 1.165) is 28.0 Å². The monoisotopic (exact) mass is 496 g/mol. The highest BCUT2D eigenvalue weighted by Gasteiger charge is 2.31. The predicted molar refractivity (Wildman–Crippen MR) is 141 cm³/mol. The van der Waals surface area contributed by atoms with Gasteiger partial charge < -0.3 is 18.8 Å². The molecular weight excluding hydrogens is 468 g/mol. The van der Waals surface area contributed by atoms with E-state index in [1.807, 2.05) is 56.3 Å². The van der Waals surface area contributed by atoms with Gasteiger partial charge in [0.1, 0.15) is 22.4 Å². The van der Waals surface area contributed by atoms with Crippen molar-refractivity contribution in [3.05, 3.63) is 65.2 Å². The fraction of sp³-hybridized carbons (Fsp3) is 0.308. The lowest BCUT2D eigenvalue weighted by atomic mass is 10.1. The van der Waals surface area contributed by atoms with Crippen molar-refractivity contribution in [2.24, 2.45) is 0 Å². The van der Waals surface area contributed by atoms with Gasteiger partial charge in [-0.05, 0) is 50.3 Å². The molecule has 1 aliphatic heterocycles. The third-order valence-corrected chi connectivity index (χ3v) is 6.67. The standard InChI is InChI=1S/C26H28N2O4S2/c1-18(2)32-21-10-8-20(9-11-21)31-15-12-27-17-19(22-6-4-5-7-23(22)27)16-24-25(29)28(13-14-30-3)26(33)34-24/h4-11,16-18H,12-15H2,1-3H3/b24-16-. The number of ether oxygens (including phenoxy) is 3. The fourth-order valence-electron chi connectivity index (χ4n) is 3.74. The number of aromatic nitrogens is 1. The molecule has 1 aliphatic rings. The van der Waals surface area contributed by atoms with Gasteiger partial charge in [0, 0.05) is 29.8 Å². The van der Waals surface area contributed by atoms with Crippen molar-refractivity contribution in [2.45, 2.75) is 26.5 Å². The maximum absolute atomic E-state index is 12.8. The molecule has 0 bridgehead atoms. The second-order valence-electron chi connectivity index (χ2n) is 8.11. The summed E-state index contributed by atoms with van der Waals surface area (Å²) >= 11 is 6.73. The summed E-state index contributed by atoms with van der Waals surface area (Å²) in [5, 5.41) is 1.08. The van der Waals surface area contributed by atoms with Crippen LogP contribution in [0.3, 0.4) is 0 Å². The van der Waals surface area contributed by atoms with Gasteiger partial charge in [0.15, 0.2) is 0 Å². The summed E-state index contributed by atoms with van der Waals surface area (Å²) in [5.41, 5.74) is 2.07. The van der Waals surface area contributed by atoms with Crippen LogP contribution < -0.4 is 9.47 Å². The highest BCUT2D eigenvalue weighted by atomic mass is 32.2. The maximum atomic E-state index is 12.8. The van der Waals surface area contributed by atoms with Crippen molar-refractivity contribution >= 4 is 51.2 Å². The summed E-state index contributed by atoms with van der Waals surface area (Å²) < 4.78 is 19.5. The zero-order valence-corrected chi connectivity index (χ0v) is 21.2. The molecule has 0 spiro atoms. The number of methoxy groups -OCH3 is 1. The van der Waals surface area contributed by atoms with E-state index in [4.69, 9.17) is 26.4 Å². The molecule has 1 amide bonds. The first kappa shape index (κ1) is 24.3. The Morgan fingerprint density at radius 2 is 1.76 bits per heavy atom. The van der Waals surface area contributed by atoms with E-state index in [9.17, 15) is 4.79 Å². The topological polar surface area (TPSA) is 52.9 Å². The number of nitrogens with zero attached hydrogens (tertiary/aromatic N) is 2. The number of fused-ring (bicyclic) bond motifs is 1. The van der Waals surface area contributed by atoms with E-state index in [-0.39, 0.29) is 12.0 Å². The molecule has 0 radical (unpaired) electrons. The molecule has 3 aromatic rings. The Hall–Kier alpha value is -2.81. The van der Waals surface area contributed by atoms with Crippen molar-refractivity contribution < 1.29 is 19.0 Å². The van der Waals surface area contributed by atoms with Crippen molar-refractivity contribution in [3.63, 3.8) is 0 Å². The quantitative estimate of drug-likeness (QED) is 0.278. The van der Waals surface area contributed by atoms with Gasteiger partial charge in [0.05, 0.1) is 30.7 Å². The van der Waals surface area contributed by atoms with Gasteiger partial charge in [-0.1, -0.05) is 42.2 Å². The van der Waals surface area contributed by atoms with Crippen LogP contribution in [0.1, 0.15) is 19.4 Å². The van der Waals surface area contributed by atoms with Crippen LogP contribution in [-0.2, 0) is 16.1 Å². The zero-order chi connectivity index (χ0) is 24.1. The van der Waals surface area contributed by atoms with Crippen molar-refractivity contribution in [1.29, 1.82) is 0 Å². The molecule has 0 atom stereocenters. The SMILES string of the molecule is COCCN1C(=O)/C(=C/c2cn(CCOc3ccc(OC(C)C)cc3)c3ccccc23)SC1=S. The Bertz CT molecular complexity index is 1200. The summed E-state index contributed by atoms with van der Waals surface area (Å²) in [6.45, 7) is 6.11. The van der Waals surface area contributed by atoms with Gasteiger partial charge in [-0.15, -0.1) is 0 Å². The van der Waals surface area contributed by atoms with Crippen LogP contribution in [0.4, 0.5) is 0 Å². The molecule has 8 heteroatoms. The van der Waals surface area contributed by atoms with Crippen LogP contribution in [0.25, 0.3) is 17.0 Å². The Balaban J connectivity index is 1.47. The first-order valence-corrected chi connectivity index (χ1v) is 12.4. The highest BCUT2D eigenvalue weighted by Crippen LogP contribution is 2.34. The Morgan fingerprint density at radius 3 is 2.50 bits per heavy atom. The molecule has 1 fully saturated rings. The van der Waals surface area contributed by atoms with Crippen molar-refractivity contribution in [1.82, 2.24) is 9.47 Å². The number of rotatable bonds is 10. The van der Waals surface area contributed by atoms with Crippen molar-refractivity contribution in [3.8, 4) is 11.5 Å². The zero-order valence-electron chi connectivity index (χ0n) is 19.5. The molecule has 0 N–H and O–H groups in total. The second-order valence-corrected chi connectivity index (χ2v) is 9.78. The number of carbonyl (C=O) groups is 1. The van der Waals surface area contributed by atoms with Gasteiger partial charge in [0.2, 0.25) is 0 Å². The van der Waals surface area contributed by atoms with Gasteiger partial charge in [0.25, 0.3) is 5.91 Å². The van der Waals surface area contributed by atoms with Gasteiger partial charge in [-0.25, -0.2) is 0 Å². The largest absolute Gasteiger partial charge is 0.492 e. The van der Waals surface area contributed by atoms with E-state index in [1.54, 1.807) is 12.0 Å². The number of hydrogen-bond donors (Lipinski definition) is 0. The van der Waals surface area contributed by atoms with E-state index in [1.165, 1.54) is 11.8 Å². The molecule has 0 unspecified atom stereocenters. The van der Waals surface area contributed by atoms with Crippen molar-refractivity contribution in [2.75, 3.05) is 26.9 Å². The van der Waals surface area contributed by atoms with Crippen LogP contribution in [0.2, 0.25) is 0 Å². The third-order valence-electron chi connectivity index (χ3n) is 5.30. The van der Waals surface area contributed by atoms with Crippen LogP contribution >= 0.6 is 24.0 Å². The Morgan fingerprint density at radius 1 is 1.03 bits per heavy atom. The lowest BCUT2D eigenvalue weighted by Gasteiger charge is -2.12. The number of thioether (sulfide) groups is 1. The lowest BCUT2D eigenvalue weighted by molar-refractivity contribution is -0.122. The molecule has 0 saturated carbocycles. The molecule has 2 heterocycles. The minimum Gasteiger partial charge on any atom is -0.492 e. The predicted octanol–water partition coefficient (Wildman–Crippen LogP) is 5.36. The fourth-order valence-corrected chi connectivity index (χ4v) is 5.04. The van der Waals surface area contributed by atoms with Gasteiger partial charge in [-0.2, -0.15) is 0 Å². The van der Waals surface area contributed by atoms with Crippen LogP contribution in [0, 0.1) is 0 Å². The summed E-state index contributed by atoms with van der Waals surface area (Å²) in [6.07, 6.45) is 4.13. The first-order valence-electron chi connectivity index (χ1n) is 11.2.